The zero-order valence-corrected chi connectivity index (χ0v) is 18.1. The highest BCUT2D eigenvalue weighted by Crippen LogP contribution is 2.62. The Morgan fingerprint density at radius 1 is 1.21 bits per heavy atom. The third-order valence-electron chi connectivity index (χ3n) is 7.44. The molecule has 1 spiro atoms. The molecule has 4 rings (SSSR count). The van der Waals surface area contributed by atoms with Crippen LogP contribution in [0.2, 0.25) is 0 Å². The maximum atomic E-state index is 6.08. The molecule has 0 amide bonds. The summed E-state index contributed by atoms with van der Waals surface area (Å²) in [7, 11) is 0. The van der Waals surface area contributed by atoms with E-state index in [1.54, 1.807) is 0 Å². The van der Waals surface area contributed by atoms with Crippen molar-refractivity contribution in [2.24, 2.45) is 22.2 Å². The van der Waals surface area contributed by atoms with Gasteiger partial charge in [-0.15, -0.1) is 0 Å². The highest BCUT2D eigenvalue weighted by molar-refractivity contribution is 5.80. The molecule has 2 aliphatic carbocycles. The first-order chi connectivity index (χ1) is 13.6. The average molecular weight is 393 g/mol. The molecule has 2 saturated heterocycles. The van der Waals surface area contributed by atoms with E-state index in [0.29, 0.717) is 35.4 Å². The van der Waals surface area contributed by atoms with Crippen molar-refractivity contribution in [2.75, 3.05) is 46.0 Å². The van der Waals surface area contributed by atoms with Crippen molar-refractivity contribution < 1.29 is 9.47 Å². The maximum Gasteiger partial charge on any atom is 0.191 e. The zero-order chi connectivity index (χ0) is 19.6. The summed E-state index contributed by atoms with van der Waals surface area (Å²) in [4.78, 5) is 7.65. The lowest BCUT2D eigenvalue weighted by Crippen LogP contribution is -2.72. The quantitative estimate of drug-likeness (QED) is 0.514. The van der Waals surface area contributed by atoms with E-state index in [1.807, 2.05) is 0 Å². The number of guanidine groups is 1. The lowest BCUT2D eigenvalue weighted by Gasteiger charge is -2.63. The molecule has 4 atom stereocenters. The minimum Gasteiger partial charge on any atom is -0.379 e. The van der Waals surface area contributed by atoms with Gasteiger partial charge in [0.2, 0.25) is 0 Å². The Kier molecular flexibility index (Phi) is 6.48. The van der Waals surface area contributed by atoms with Crippen LogP contribution in [0.15, 0.2) is 4.99 Å². The smallest absolute Gasteiger partial charge is 0.191 e. The number of rotatable bonds is 7. The van der Waals surface area contributed by atoms with Gasteiger partial charge in [-0.1, -0.05) is 20.3 Å². The van der Waals surface area contributed by atoms with E-state index < -0.39 is 0 Å². The third kappa shape index (κ3) is 3.92. The minimum absolute atomic E-state index is 0.388. The van der Waals surface area contributed by atoms with Crippen LogP contribution in [0.3, 0.4) is 0 Å². The molecule has 4 unspecified atom stereocenters. The molecule has 0 aromatic carbocycles. The third-order valence-corrected chi connectivity index (χ3v) is 7.44. The molecule has 4 fully saturated rings. The summed E-state index contributed by atoms with van der Waals surface area (Å²) < 4.78 is 11.6. The molecular weight excluding hydrogens is 352 g/mol. The van der Waals surface area contributed by atoms with Crippen LogP contribution in [0.4, 0.5) is 0 Å². The van der Waals surface area contributed by atoms with Crippen molar-refractivity contribution in [3.8, 4) is 0 Å². The van der Waals surface area contributed by atoms with Crippen molar-refractivity contribution in [2.45, 2.75) is 71.1 Å². The Morgan fingerprint density at radius 2 is 2.00 bits per heavy atom. The Hall–Kier alpha value is -0.850. The first kappa shape index (κ1) is 20.4. The van der Waals surface area contributed by atoms with Gasteiger partial charge in [0.25, 0.3) is 0 Å². The van der Waals surface area contributed by atoms with Crippen LogP contribution >= 0.6 is 0 Å². The standard InChI is InChI=1S/C22H40N4O2/c1-4-23-21(24-15-17(14-16(2)3)26-9-12-27-13-10-26)25-19-18-6-11-28-20(18)22(19)7-5-8-22/h16-20H,4-15H2,1-3H3,(H2,23,24,25). The van der Waals surface area contributed by atoms with Crippen molar-refractivity contribution >= 4 is 5.96 Å². The molecule has 6 heteroatoms. The predicted octanol–water partition coefficient (Wildman–Crippen LogP) is 2.25. The first-order valence-corrected chi connectivity index (χ1v) is 11.6. The number of nitrogens with zero attached hydrogens (tertiary/aromatic N) is 2. The number of morpholine rings is 1. The summed E-state index contributed by atoms with van der Waals surface area (Å²) in [6.45, 7) is 13.3. The van der Waals surface area contributed by atoms with Crippen LogP contribution in [0.1, 0.15) is 52.9 Å². The number of fused-ring (bicyclic) bond motifs is 2. The molecule has 0 aromatic heterocycles. The molecule has 0 bridgehead atoms. The van der Waals surface area contributed by atoms with Crippen LogP contribution in [-0.4, -0.2) is 75.0 Å². The molecule has 2 aliphatic heterocycles. The summed E-state index contributed by atoms with van der Waals surface area (Å²) in [5.41, 5.74) is 0.388. The second-order valence-electron chi connectivity index (χ2n) is 9.60. The largest absolute Gasteiger partial charge is 0.379 e. The van der Waals surface area contributed by atoms with E-state index in [4.69, 9.17) is 14.5 Å². The molecule has 6 nitrogen and oxygen atoms in total. The zero-order valence-electron chi connectivity index (χ0n) is 18.1. The topological polar surface area (TPSA) is 58.1 Å². The second kappa shape index (κ2) is 8.88. The van der Waals surface area contributed by atoms with Crippen LogP contribution in [-0.2, 0) is 9.47 Å². The van der Waals surface area contributed by atoms with Crippen molar-refractivity contribution in [1.29, 1.82) is 0 Å². The second-order valence-corrected chi connectivity index (χ2v) is 9.60. The number of hydrogen-bond donors (Lipinski definition) is 2. The first-order valence-electron chi connectivity index (χ1n) is 11.6. The van der Waals surface area contributed by atoms with Crippen LogP contribution in [0.25, 0.3) is 0 Å². The normalized spacial score (nSPS) is 33.3. The molecule has 2 saturated carbocycles. The molecule has 0 aromatic rings. The highest BCUT2D eigenvalue weighted by Gasteiger charge is 2.66. The maximum absolute atomic E-state index is 6.08. The Labute approximate surface area is 170 Å². The van der Waals surface area contributed by atoms with Crippen LogP contribution in [0, 0.1) is 17.3 Å². The van der Waals surface area contributed by atoms with E-state index in [-0.39, 0.29) is 0 Å². The van der Waals surface area contributed by atoms with Gasteiger partial charge in [0.05, 0.1) is 25.9 Å². The molecule has 160 valence electrons. The van der Waals surface area contributed by atoms with E-state index >= 15 is 0 Å². The van der Waals surface area contributed by atoms with Gasteiger partial charge in [0, 0.05) is 49.7 Å². The van der Waals surface area contributed by atoms with Gasteiger partial charge in [-0.05, 0) is 38.5 Å². The summed E-state index contributed by atoms with van der Waals surface area (Å²) in [5, 5.41) is 7.36. The monoisotopic (exact) mass is 392 g/mol. The number of ether oxygens (including phenoxy) is 2. The summed E-state index contributed by atoms with van der Waals surface area (Å²) >= 11 is 0. The number of hydrogen-bond acceptors (Lipinski definition) is 4. The Bertz CT molecular complexity index is 543. The van der Waals surface area contributed by atoms with Crippen molar-refractivity contribution in [1.82, 2.24) is 15.5 Å². The van der Waals surface area contributed by atoms with E-state index in [0.717, 1.165) is 52.0 Å². The molecule has 2 N–H and O–H groups in total. The molecule has 2 heterocycles. The lowest BCUT2D eigenvalue weighted by atomic mass is 9.46. The lowest BCUT2D eigenvalue weighted by molar-refractivity contribution is -0.171. The SMILES string of the molecule is CCNC(=NCC(CC(C)C)N1CCOCC1)NC1C2CCOC2C12CCC2. The molecule has 4 aliphatic rings. The van der Waals surface area contributed by atoms with Crippen LogP contribution < -0.4 is 10.6 Å². The van der Waals surface area contributed by atoms with E-state index in [2.05, 4.69) is 36.3 Å². The molecule has 28 heavy (non-hydrogen) atoms. The van der Waals surface area contributed by atoms with E-state index in [1.165, 1.54) is 32.1 Å². The minimum atomic E-state index is 0.388. The van der Waals surface area contributed by atoms with Gasteiger partial charge < -0.3 is 20.1 Å². The summed E-state index contributed by atoms with van der Waals surface area (Å²) in [5.74, 6) is 2.36. The fourth-order valence-corrected chi connectivity index (χ4v) is 5.95. The number of nitrogens with one attached hydrogen (secondary N) is 2. The van der Waals surface area contributed by atoms with Gasteiger partial charge >= 0.3 is 0 Å². The van der Waals surface area contributed by atoms with Gasteiger partial charge in [0.1, 0.15) is 0 Å². The van der Waals surface area contributed by atoms with Gasteiger partial charge in [-0.2, -0.15) is 0 Å². The summed E-state index contributed by atoms with van der Waals surface area (Å²) in [6, 6.07) is 1.04. The van der Waals surface area contributed by atoms with Gasteiger partial charge in [-0.25, -0.2) is 0 Å². The molecule has 0 radical (unpaired) electrons. The number of aliphatic imine (C=N–C) groups is 1. The Morgan fingerprint density at radius 3 is 2.64 bits per heavy atom. The van der Waals surface area contributed by atoms with Crippen molar-refractivity contribution in [3.05, 3.63) is 0 Å². The van der Waals surface area contributed by atoms with E-state index in [9.17, 15) is 0 Å². The molecular formula is C22H40N4O2. The predicted molar refractivity (Wildman–Crippen MR) is 113 cm³/mol. The Balaban J connectivity index is 1.41. The fourth-order valence-electron chi connectivity index (χ4n) is 5.95. The van der Waals surface area contributed by atoms with Crippen LogP contribution in [0.5, 0.6) is 0 Å². The highest BCUT2D eigenvalue weighted by atomic mass is 16.5. The fraction of sp³-hybridized carbons (Fsp3) is 0.955. The summed E-state index contributed by atoms with van der Waals surface area (Å²) in [6.07, 6.45) is 6.88. The van der Waals surface area contributed by atoms with Crippen molar-refractivity contribution in [3.63, 3.8) is 0 Å². The van der Waals surface area contributed by atoms with Gasteiger partial charge in [0.15, 0.2) is 5.96 Å². The van der Waals surface area contributed by atoms with Gasteiger partial charge in [-0.3, -0.25) is 9.89 Å². The average Bonchev–Trinajstić information content (AvgIpc) is 3.07.